The van der Waals surface area contributed by atoms with Crippen molar-refractivity contribution in [2.45, 2.75) is 20.4 Å². The van der Waals surface area contributed by atoms with Crippen molar-refractivity contribution in [1.82, 2.24) is 9.55 Å². The topological polar surface area (TPSA) is 98.2 Å². The minimum atomic E-state index is -1.11. The Labute approximate surface area is 115 Å². The number of aromatic carboxylic acids is 1. The van der Waals surface area contributed by atoms with Crippen molar-refractivity contribution in [1.29, 1.82) is 0 Å². The number of rotatable bonds is 3. The van der Waals surface area contributed by atoms with Crippen molar-refractivity contribution in [3.8, 4) is 0 Å². The second kappa shape index (κ2) is 5.16. The quantitative estimate of drug-likeness (QED) is 0.818. The van der Waals surface area contributed by atoms with Crippen molar-refractivity contribution in [2.75, 3.05) is 5.73 Å². The second-order valence-electron chi connectivity index (χ2n) is 4.59. The Morgan fingerprint density at radius 3 is 2.70 bits per heavy atom. The Bertz CT molecular complexity index is 735. The van der Waals surface area contributed by atoms with Crippen LogP contribution in [0.1, 0.15) is 27.3 Å². The smallest absolute Gasteiger partial charge is 0.348 e. The maximum absolute atomic E-state index is 11.9. The van der Waals surface area contributed by atoms with Crippen LogP contribution < -0.4 is 11.4 Å². The molecule has 0 bridgehead atoms. The summed E-state index contributed by atoms with van der Waals surface area (Å²) in [6, 6.07) is 6.61. The van der Waals surface area contributed by atoms with E-state index >= 15 is 0 Å². The van der Waals surface area contributed by atoms with Gasteiger partial charge in [0, 0.05) is 17.1 Å². The Hall–Kier alpha value is -2.63. The van der Waals surface area contributed by atoms with Gasteiger partial charge in [0.25, 0.3) is 0 Å². The molecular formula is C14H15N3O3. The van der Waals surface area contributed by atoms with Gasteiger partial charge in [-0.25, -0.2) is 9.59 Å². The fourth-order valence-corrected chi connectivity index (χ4v) is 2.15. The fraction of sp³-hybridized carbons (Fsp3) is 0.214. The Balaban J connectivity index is 2.54. The minimum Gasteiger partial charge on any atom is -0.478 e. The molecule has 104 valence electrons. The number of nitrogen functional groups attached to an aromatic ring is 1. The van der Waals surface area contributed by atoms with Crippen LogP contribution in [0.2, 0.25) is 0 Å². The van der Waals surface area contributed by atoms with Gasteiger partial charge in [-0.15, -0.1) is 0 Å². The minimum absolute atomic E-state index is 0.0272. The lowest BCUT2D eigenvalue weighted by Gasteiger charge is -2.13. The van der Waals surface area contributed by atoms with E-state index in [-0.39, 0.29) is 17.8 Å². The molecular weight excluding hydrogens is 258 g/mol. The molecule has 2 aromatic rings. The molecule has 6 heteroatoms. The number of carboxylic acids is 1. The number of aryl methyl sites for hydroxylation is 2. The summed E-state index contributed by atoms with van der Waals surface area (Å²) in [4.78, 5) is 27.0. The van der Waals surface area contributed by atoms with Crippen LogP contribution in [0.15, 0.2) is 29.1 Å². The zero-order chi connectivity index (χ0) is 14.9. The first-order valence-electron chi connectivity index (χ1n) is 6.06. The van der Waals surface area contributed by atoms with E-state index in [1.54, 1.807) is 32.0 Å². The number of nitrogens with two attached hydrogens (primary N) is 1. The highest BCUT2D eigenvalue weighted by Gasteiger charge is 2.15. The third kappa shape index (κ3) is 2.54. The molecule has 20 heavy (non-hydrogen) atoms. The van der Waals surface area contributed by atoms with Crippen molar-refractivity contribution in [3.63, 3.8) is 0 Å². The molecule has 0 atom stereocenters. The lowest BCUT2D eigenvalue weighted by Crippen LogP contribution is -2.27. The van der Waals surface area contributed by atoms with Crippen molar-refractivity contribution in [3.05, 3.63) is 57.3 Å². The summed E-state index contributed by atoms with van der Waals surface area (Å²) in [5.74, 6) is -1.11. The second-order valence-corrected chi connectivity index (χ2v) is 4.59. The van der Waals surface area contributed by atoms with Gasteiger partial charge in [0.1, 0.15) is 0 Å². The van der Waals surface area contributed by atoms with Gasteiger partial charge in [0.05, 0.1) is 12.1 Å². The van der Waals surface area contributed by atoms with Crippen LogP contribution in [-0.2, 0) is 6.54 Å². The van der Waals surface area contributed by atoms with E-state index in [0.717, 1.165) is 5.69 Å². The van der Waals surface area contributed by atoms with E-state index in [1.807, 2.05) is 0 Å². The van der Waals surface area contributed by atoms with Crippen molar-refractivity contribution >= 4 is 11.7 Å². The molecule has 0 saturated heterocycles. The monoisotopic (exact) mass is 273 g/mol. The molecule has 0 radical (unpaired) electrons. The first-order valence-corrected chi connectivity index (χ1v) is 6.06. The number of hydrogen-bond donors (Lipinski definition) is 2. The first-order chi connectivity index (χ1) is 9.40. The standard InChI is InChI=1S/C14H15N3O3/c1-8-6-9(2)17(14(20)16-8)7-10-4-3-5-11(15)12(10)13(18)19/h3-6H,7,15H2,1-2H3,(H,18,19). The Morgan fingerprint density at radius 2 is 2.10 bits per heavy atom. The van der Waals surface area contributed by atoms with Gasteiger partial charge in [0.2, 0.25) is 0 Å². The van der Waals surface area contributed by atoms with Crippen molar-refractivity contribution < 1.29 is 9.90 Å². The molecule has 2 rings (SSSR count). The van der Waals surface area contributed by atoms with Crippen LogP contribution >= 0.6 is 0 Å². The van der Waals surface area contributed by atoms with Crippen LogP contribution in [0, 0.1) is 13.8 Å². The van der Waals surface area contributed by atoms with Crippen LogP contribution in [-0.4, -0.2) is 20.6 Å². The number of hydrogen-bond acceptors (Lipinski definition) is 4. The molecule has 1 heterocycles. The van der Waals surface area contributed by atoms with Crippen molar-refractivity contribution in [2.24, 2.45) is 0 Å². The number of carbonyl (C=O) groups is 1. The molecule has 0 aliphatic carbocycles. The SMILES string of the molecule is Cc1cc(C)n(Cc2cccc(N)c2C(=O)O)c(=O)n1. The molecule has 0 fully saturated rings. The average molecular weight is 273 g/mol. The molecule has 0 saturated carbocycles. The fourth-order valence-electron chi connectivity index (χ4n) is 2.15. The van der Waals surface area contributed by atoms with E-state index in [1.165, 1.54) is 10.6 Å². The molecule has 3 N–H and O–H groups in total. The zero-order valence-corrected chi connectivity index (χ0v) is 11.3. The van der Waals surface area contributed by atoms with E-state index in [9.17, 15) is 14.7 Å². The third-order valence-corrected chi connectivity index (χ3v) is 3.07. The summed E-state index contributed by atoms with van der Waals surface area (Å²) in [6.45, 7) is 3.65. The Morgan fingerprint density at radius 1 is 1.40 bits per heavy atom. The normalized spacial score (nSPS) is 10.5. The highest BCUT2D eigenvalue weighted by Crippen LogP contribution is 2.18. The zero-order valence-electron chi connectivity index (χ0n) is 11.3. The first kappa shape index (κ1) is 13.8. The maximum atomic E-state index is 11.9. The summed E-state index contributed by atoms with van der Waals surface area (Å²) >= 11 is 0. The van der Waals surface area contributed by atoms with Crippen LogP contribution in [0.25, 0.3) is 0 Å². The summed E-state index contributed by atoms with van der Waals surface area (Å²) in [5.41, 5.74) is 7.34. The Kier molecular flexibility index (Phi) is 3.56. The van der Waals surface area contributed by atoms with E-state index < -0.39 is 11.7 Å². The molecule has 1 aromatic carbocycles. The lowest BCUT2D eigenvalue weighted by atomic mass is 10.1. The van der Waals surface area contributed by atoms with E-state index in [0.29, 0.717) is 11.3 Å². The van der Waals surface area contributed by atoms with Gasteiger partial charge >= 0.3 is 11.7 Å². The van der Waals surface area contributed by atoms with Crippen LogP contribution in [0.3, 0.4) is 0 Å². The largest absolute Gasteiger partial charge is 0.478 e. The molecule has 0 unspecified atom stereocenters. The molecule has 0 spiro atoms. The van der Waals surface area contributed by atoms with Gasteiger partial charge in [-0.2, -0.15) is 4.98 Å². The van der Waals surface area contributed by atoms with Gasteiger partial charge in [-0.1, -0.05) is 12.1 Å². The van der Waals surface area contributed by atoms with Crippen LogP contribution in [0.5, 0.6) is 0 Å². The molecule has 1 aromatic heterocycles. The summed E-state index contributed by atoms with van der Waals surface area (Å²) in [7, 11) is 0. The lowest BCUT2D eigenvalue weighted by molar-refractivity contribution is 0.0696. The predicted octanol–water partition coefficient (Wildman–Crippen LogP) is 1.19. The molecule has 0 aliphatic heterocycles. The highest BCUT2D eigenvalue weighted by atomic mass is 16.4. The van der Waals surface area contributed by atoms with Gasteiger partial charge in [0.15, 0.2) is 0 Å². The maximum Gasteiger partial charge on any atom is 0.348 e. The number of nitrogens with zero attached hydrogens (tertiary/aromatic N) is 2. The molecule has 0 amide bonds. The molecule has 0 aliphatic rings. The van der Waals surface area contributed by atoms with E-state index in [2.05, 4.69) is 4.98 Å². The average Bonchev–Trinajstić information content (AvgIpc) is 2.33. The van der Waals surface area contributed by atoms with Gasteiger partial charge in [-0.3, -0.25) is 4.57 Å². The molecule has 6 nitrogen and oxygen atoms in total. The van der Waals surface area contributed by atoms with Crippen LogP contribution in [0.4, 0.5) is 5.69 Å². The predicted molar refractivity (Wildman–Crippen MR) is 74.9 cm³/mol. The number of carboxylic acid groups (broad SMARTS) is 1. The third-order valence-electron chi connectivity index (χ3n) is 3.07. The summed E-state index contributed by atoms with van der Waals surface area (Å²) in [6.07, 6.45) is 0. The number of anilines is 1. The number of benzene rings is 1. The number of aromatic nitrogens is 2. The summed E-state index contributed by atoms with van der Waals surface area (Å²) < 4.78 is 1.42. The summed E-state index contributed by atoms with van der Waals surface area (Å²) in [5, 5.41) is 9.22. The van der Waals surface area contributed by atoms with Gasteiger partial charge in [-0.05, 0) is 31.5 Å². The van der Waals surface area contributed by atoms with E-state index in [4.69, 9.17) is 5.73 Å². The van der Waals surface area contributed by atoms with Gasteiger partial charge < -0.3 is 10.8 Å². The highest BCUT2D eigenvalue weighted by molar-refractivity contribution is 5.95.